The lowest BCUT2D eigenvalue weighted by atomic mass is 9.97. The van der Waals surface area contributed by atoms with Crippen molar-refractivity contribution in [3.63, 3.8) is 0 Å². The Morgan fingerprint density at radius 2 is 2.08 bits per heavy atom. The van der Waals surface area contributed by atoms with E-state index in [9.17, 15) is 5.11 Å². The third-order valence-electron chi connectivity index (χ3n) is 2.70. The van der Waals surface area contributed by atoms with Crippen LogP contribution in [0.4, 0.5) is 0 Å². The van der Waals surface area contributed by atoms with Gasteiger partial charge < -0.3 is 5.11 Å². The second kappa shape index (κ2) is 4.24. The van der Waals surface area contributed by atoms with Crippen molar-refractivity contribution in [2.75, 3.05) is 6.54 Å². The van der Waals surface area contributed by atoms with Crippen molar-refractivity contribution in [1.29, 1.82) is 0 Å². The Morgan fingerprint density at radius 1 is 1.42 bits per heavy atom. The van der Waals surface area contributed by atoms with Gasteiger partial charge >= 0.3 is 0 Å². The summed E-state index contributed by atoms with van der Waals surface area (Å²) >= 11 is 0. The van der Waals surface area contributed by atoms with Gasteiger partial charge in [0.25, 0.3) is 0 Å². The number of hydrogen-bond acceptors (Lipinski definition) is 2. The van der Waals surface area contributed by atoms with Crippen LogP contribution < -0.4 is 0 Å². The summed E-state index contributed by atoms with van der Waals surface area (Å²) in [5, 5.41) is 9.44. The average molecular weight is 170 g/mol. The summed E-state index contributed by atoms with van der Waals surface area (Å²) in [5.41, 5.74) is 0. The minimum absolute atomic E-state index is 0.291. The van der Waals surface area contributed by atoms with Crippen LogP contribution in [0.3, 0.4) is 0 Å². The molecule has 12 heavy (non-hydrogen) atoms. The molecule has 1 aliphatic heterocycles. The van der Waals surface area contributed by atoms with Crippen LogP contribution in [-0.4, -0.2) is 34.7 Å². The van der Waals surface area contributed by atoms with E-state index >= 15 is 0 Å². The molecule has 1 rings (SSSR count). The highest BCUT2D eigenvalue weighted by atomic mass is 16.3. The predicted octanol–water partition coefficient (Wildman–Crippen LogP) is 1.44. The topological polar surface area (TPSA) is 23.5 Å². The van der Waals surface area contributed by atoms with E-state index in [2.05, 4.69) is 25.7 Å². The van der Waals surface area contributed by atoms with Crippen molar-refractivity contribution in [3.8, 4) is 0 Å². The first-order chi connectivity index (χ1) is 5.63. The maximum absolute atomic E-state index is 9.44. The summed E-state index contributed by atoms with van der Waals surface area (Å²) in [6.45, 7) is 9.19. The smallest absolute Gasteiger partial charge is 0.0696 e. The van der Waals surface area contributed by atoms with Gasteiger partial charge in [-0.2, -0.15) is 0 Å². The summed E-state index contributed by atoms with van der Waals surface area (Å²) in [7, 11) is 0. The molecule has 1 fully saturated rings. The van der Waals surface area contributed by atoms with Crippen LogP contribution in [-0.2, 0) is 0 Å². The quantitative estimate of drug-likeness (QED) is 0.678. The zero-order valence-electron chi connectivity index (χ0n) is 8.16. The molecule has 0 aromatic carbocycles. The molecule has 1 N–H and O–H groups in total. The largest absolute Gasteiger partial charge is 0.391 e. The van der Waals surface area contributed by atoms with Gasteiger partial charge in [-0.3, -0.25) is 4.90 Å². The van der Waals surface area contributed by atoms with E-state index in [1.165, 1.54) is 12.8 Å². The third-order valence-corrected chi connectivity index (χ3v) is 2.70. The summed E-state index contributed by atoms with van der Waals surface area (Å²) in [6.07, 6.45) is 3.18. The molecular weight excluding hydrogens is 150 g/mol. The first kappa shape index (κ1) is 10.0. The minimum atomic E-state index is -0.423. The molecule has 2 heteroatoms. The number of aliphatic hydroxyl groups is 1. The second-order valence-corrected chi connectivity index (χ2v) is 3.96. The first-order valence-electron chi connectivity index (χ1n) is 4.90. The van der Waals surface area contributed by atoms with Crippen molar-refractivity contribution >= 4 is 0 Å². The molecular formula is C10H20NO. The van der Waals surface area contributed by atoms with Crippen LogP contribution >= 0.6 is 0 Å². The summed E-state index contributed by atoms with van der Waals surface area (Å²) in [6, 6.07) is 0.824. The summed E-state index contributed by atoms with van der Waals surface area (Å²) < 4.78 is 0. The van der Waals surface area contributed by atoms with Crippen LogP contribution in [0.25, 0.3) is 0 Å². The molecule has 2 nitrogen and oxygen atoms in total. The predicted molar refractivity (Wildman–Crippen MR) is 50.8 cm³/mol. The van der Waals surface area contributed by atoms with Gasteiger partial charge in [-0.1, -0.05) is 6.42 Å². The standard InChI is InChI=1S/C10H20NO/c1-8(2)11-7-5-4-6-10(11)9(3)12/h8-10,12H,3-7H2,1-2H3. The van der Waals surface area contributed by atoms with Gasteiger partial charge in [0.05, 0.1) is 6.10 Å². The number of likely N-dealkylation sites (tertiary alicyclic amines) is 1. The SMILES string of the molecule is [CH2]C(O)C1CCCCN1C(C)C. The Labute approximate surface area is 75.6 Å². The fourth-order valence-corrected chi connectivity index (χ4v) is 2.03. The van der Waals surface area contributed by atoms with Crippen molar-refractivity contribution in [2.45, 2.75) is 51.3 Å². The highest BCUT2D eigenvalue weighted by molar-refractivity contribution is 4.85. The van der Waals surface area contributed by atoms with Gasteiger partial charge in [0.1, 0.15) is 0 Å². The van der Waals surface area contributed by atoms with E-state index in [1.54, 1.807) is 0 Å². The summed E-state index contributed by atoms with van der Waals surface area (Å²) in [4.78, 5) is 2.36. The van der Waals surface area contributed by atoms with Crippen LogP contribution in [0.5, 0.6) is 0 Å². The van der Waals surface area contributed by atoms with Crippen LogP contribution in [0, 0.1) is 6.92 Å². The van der Waals surface area contributed by atoms with E-state index in [0.29, 0.717) is 12.1 Å². The molecule has 1 saturated heterocycles. The molecule has 71 valence electrons. The third kappa shape index (κ3) is 2.20. The molecule has 0 amide bonds. The molecule has 0 aromatic rings. The average Bonchev–Trinajstić information content (AvgIpc) is 2.04. The maximum Gasteiger partial charge on any atom is 0.0696 e. The van der Waals surface area contributed by atoms with Gasteiger partial charge in [-0.15, -0.1) is 0 Å². The highest BCUT2D eigenvalue weighted by Crippen LogP contribution is 2.21. The number of hydrogen-bond donors (Lipinski definition) is 1. The zero-order chi connectivity index (χ0) is 9.14. The molecule has 0 spiro atoms. The Balaban J connectivity index is 2.54. The molecule has 0 aromatic heterocycles. The Hall–Kier alpha value is -0.0800. The lowest BCUT2D eigenvalue weighted by molar-refractivity contribution is 0.0304. The highest BCUT2D eigenvalue weighted by Gasteiger charge is 2.27. The zero-order valence-corrected chi connectivity index (χ0v) is 8.16. The van der Waals surface area contributed by atoms with Gasteiger partial charge in [-0.05, 0) is 40.2 Å². The van der Waals surface area contributed by atoms with Crippen molar-refractivity contribution < 1.29 is 5.11 Å². The molecule has 2 unspecified atom stereocenters. The van der Waals surface area contributed by atoms with Crippen LogP contribution in [0.15, 0.2) is 0 Å². The molecule has 1 radical (unpaired) electrons. The van der Waals surface area contributed by atoms with E-state index in [4.69, 9.17) is 0 Å². The maximum atomic E-state index is 9.44. The molecule has 0 saturated carbocycles. The molecule has 1 aliphatic rings. The van der Waals surface area contributed by atoms with Gasteiger partial charge in [0.2, 0.25) is 0 Å². The fraction of sp³-hybridized carbons (Fsp3) is 0.900. The van der Waals surface area contributed by atoms with Crippen molar-refractivity contribution in [3.05, 3.63) is 6.92 Å². The Morgan fingerprint density at radius 3 is 2.50 bits per heavy atom. The second-order valence-electron chi connectivity index (χ2n) is 3.96. The Bertz CT molecular complexity index is 118. The monoisotopic (exact) mass is 170 g/mol. The fourth-order valence-electron chi connectivity index (χ4n) is 2.03. The van der Waals surface area contributed by atoms with E-state index in [-0.39, 0.29) is 0 Å². The van der Waals surface area contributed by atoms with Crippen LogP contribution in [0.2, 0.25) is 0 Å². The number of nitrogens with zero attached hydrogens (tertiary/aromatic N) is 1. The van der Waals surface area contributed by atoms with Crippen molar-refractivity contribution in [2.24, 2.45) is 0 Å². The van der Waals surface area contributed by atoms with Gasteiger partial charge in [0.15, 0.2) is 0 Å². The first-order valence-corrected chi connectivity index (χ1v) is 4.90. The molecule has 2 atom stereocenters. The van der Waals surface area contributed by atoms with Gasteiger partial charge in [-0.25, -0.2) is 0 Å². The number of aliphatic hydroxyl groups excluding tert-OH is 1. The number of piperidine rings is 1. The summed E-state index contributed by atoms with van der Waals surface area (Å²) in [5.74, 6) is 0. The van der Waals surface area contributed by atoms with E-state index < -0.39 is 6.10 Å². The van der Waals surface area contributed by atoms with Crippen molar-refractivity contribution in [1.82, 2.24) is 4.90 Å². The van der Waals surface area contributed by atoms with E-state index in [0.717, 1.165) is 13.0 Å². The molecule has 0 bridgehead atoms. The van der Waals surface area contributed by atoms with Gasteiger partial charge in [0, 0.05) is 12.1 Å². The lowest BCUT2D eigenvalue weighted by Crippen LogP contribution is -2.49. The number of rotatable bonds is 2. The van der Waals surface area contributed by atoms with E-state index in [1.807, 2.05) is 0 Å². The normalized spacial score (nSPS) is 29.2. The minimum Gasteiger partial charge on any atom is -0.391 e. The molecule has 1 heterocycles. The molecule has 0 aliphatic carbocycles. The Kier molecular flexibility index (Phi) is 3.53. The lowest BCUT2D eigenvalue weighted by Gasteiger charge is -2.40. The van der Waals surface area contributed by atoms with Crippen LogP contribution in [0.1, 0.15) is 33.1 Å².